The zero-order valence-electron chi connectivity index (χ0n) is 15.5. The van der Waals surface area contributed by atoms with E-state index in [9.17, 15) is 0 Å². The number of rotatable bonds is 16. The van der Waals surface area contributed by atoms with Crippen LogP contribution in [-0.2, 0) is 37.0 Å². The van der Waals surface area contributed by atoms with Gasteiger partial charge in [-0.15, -0.1) is 0 Å². The summed E-state index contributed by atoms with van der Waals surface area (Å²) in [7, 11) is 1.62. The van der Waals surface area contributed by atoms with Gasteiger partial charge < -0.3 is 37.0 Å². The molecule has 1 rings (SSSR count). The summed E-state index contributed by atoms with van der Waals surface area (Å²) < 4.78 is 44.3. The summed E-state index contributed by atoms with van der Waals surface area (Å²) in [5, 5.41) is 0. The SMILES string of the molecule is CCO[Si](CCCOCC1CO1)(OCC)OCC(OC)(OC)OC. The third-order valence-electron chi connectivity index (χ3n) is 3.61. The lowest BCUT2D eigenvalue weighted by atomic mass is 10.5. The van der Waals surface area contributed by atoms with Crippen molar-refractivity contribution in [2.45, 2.75) is 38.4 Å². The normalized spacial score (nSPS) is 18.1. The highest BCUT2D eigenvalue weighted by molar-refractivity contribution is 6.60. The Morgan fingerprint density at radius 1 is 1.00 bits per heavy atom. The molecule has 0 N–H and O–H groups in total. The first kappa shape index (κ1) is 21.9. The molecule has 1 unspecified atom stereocenters. The summed E-state index contributed by atoms with van der Waals surface area (Å²) in [6.45, 7) is 6.95. The molecule has 0 aromatic carbocycles. The second-order valence-corrected chi connectivity index (χ2v) is 8.00. The van der Waals surface area contributed by atoms with E-state index in [-0.39, 0.29) is 12.7 Å². The standard InChI is InChI=1S/C15H32O8Si/c1-6-21-24(22-7-2,10-8-9-19-11-14-12-20-14)23-13-15(16-3,17-4)18-5/h14H,6-13H2,1-5H3. The van der Waals surface area contributed by atoms with Gasteiger partial charge in [0.25, 0.3) is 0 Å². The van der Waals surface area contributed by atoms with Crippen LogP contribution in [0.5, 0.6) is 0 Å². The topological polar surface area (TPSA) is 77.1 Å². The van der Waals surface area contributed by atoms with Gasteiger partial charge in [0.1, 0.15) is 12.7 Å². The third kappa shape index (κ3) is 7.42. The molecule has 1 aliphatic rings. The minimum absolute atomic E-state index is 0.0551. The summed E-state index contributed by atoms with van der Waals surface area (Å²) >= 11 is 0. The summed E-state index contributed by atoms with van der Waals surface area (Å²) in [4.78, 5) is 0. The van der Waals surface area contributed by atoms with Gasteiger partial charge in [-0.1, -0.05) is 0 Å². The van der Waals surface area contributed by atoms with E-state index in [4.69, 9.17) is 37.0 Å². The molecule has 0 spiro atoms. The predicted molar refractivity (Wildman–Crippen MR) is 88.7 cm³/mol. The zero-order valence-corrected chi connectivity index (χ0v) is 16.5. The molecule has 0 radical (unpaired) electrons. The summed E-state index contributed by atoms with van der Waals surface area (Å²) in [5.41, 5.74) is 0. The van der Waals surface area contributed by atoms with E-state index in [0.29, 0.717) is 32.5 Å². The summed E-state index contributed by atoms with van der Waals surface area (Å²) in [6, 6.07) is 0.646. The maximum atomic E-state index is 6.03. The van der Waals surface area contributed by atoms with Crippen LogP contribution in [0.25, 0.3) is 0 Å². The van der Waals surface area contributed by atoms with E-state index < -0.39 is 14.8 Å². The number of hydrogen-bond acceptors (Lipinski definition) is 8. The molecular formula is C15H32O8Si. The van der Waals surface area contributed by atoms with Crippen LogP contribution in [0.15, 0.2) is 0 Å². The number of methoxy groups -OCH3 is 3. The van der Waals surface area contributed by atoms with Gasteiger partial charge in [0.05, 0.1) is 13.2 Å². The second kappa shape index (κ2) is 11.5. The van der Waals surface area contributed by atoms with Crippen LogP contribution in [0.1, 0.15) is 20.3 Å². The van der Waals surface area contributed by atoms with Crippen LogP contribution in [0.4, 0.5) is 0 Å². The Labute approximate surface area is 146 Å². The molecule has 144 valence electrons. The Bertz CT molecular complexity index is 308. The van der Waals surface area contributed by atoms with Crippen molar-refractivity contribution in [3.05, 3.63) is 0 Å². The Hall–Kier alpha value is -0.103. The average Bonchev–Trinajstić information content (AvgIpc) is 3.41. The number of hydrogen-bond donors (Lipinski definition) is 0. The Kier molecular flexibility index (Phi) is 10.5. The van der Waals surface area contributed by atoms with Crippen molar-refractivity contribution >= 4 is 8.80 Å². The largest absolute Gasteiger partial charge is 0.501 e. The highest BCUT2D eigenvalue weighted by Gasteiger charge is 2.44. The molecular weight excluding hydrogens is 336 g/mol. The first-order valence-corrected chi connectivity index (χ1v) is 10.3. The smallest absolute Gasteiger partial charge is 0.379 e. The lowest BCUT2D eigenvalue weighted by molar-refractivity contribution is -0.364. The first-order chi connectivity index (χ1) is 11.6. The summed E-state index contributed by atoms with van der Waals surface area (Å²) in [6.07, 6.45) is 1.05. The van der Waals surface area contributed by atoms with Gasteiger partial charge in [-0.3, -0.25) is 0 Å². The Morgan fingerprint density at radius 3 is 2.04 bits per heavy atom. The second-order valence-electron chi connectivity index (χ2n) is 5.27. The molecule has 1 fully saturated rings. The quantitative estimate of drug-likeness (QED) is 0.175. The van der Waals surface area contributed by atoms with E-state index in [0.717, 1.165) is 13.0 Å². The Morgan fingerprint density at radius 2 is 1.58 bits per heavy atom. The molecule has 0 saturated carbocycles. The molecule has 9 heteroatoms. The van der Waals surface area contributed by atoms with Crippen molar-refractivity contribution in [1.29, 1.82) is 0 Å². The van der Waals surface area contributed by atoms with Crippen molar-refractivity contribution in [1.82, 2.24) is 0 Å². The predicted octanol–water partition coefficient (Wildman–Crippen LogP) is 1.41. The van der Waals surface area contributed by atoms with Crippen LogP contribution in [-0.4, -0.2) is 81.9 Å². The van der Waals surface area contributed by atoms with Crippen molar-refractivity contribution < 1.29 is 37.0 Å². The minimum Gasteiger partial charge on any atom is -0.379 e. The van der Waals surface area contributed by atoms with Gasteiger partial charge in [-0.05, 0) is 20.3 Å². The van der Waals surface area contributed by atoms with Crippen molar-refractivity contribution in [2.75, 3.05) is 61.0 Å². The minimum atomic E-state index is -2.87. The van der Waals surface area contributed by atoms with Gasteiger partial charge in [0, 0.05) is 47.2 Å². The van der Waals surface area contributed by atoms with Crippen LogP contribution in [0.2, 0.25) is 6.04 Å². The molecule has 24 heavy (non-hydrogen) atoms. The van der Waals surface area contributed by atoms with E-state index in [2.05, 4.69) is 0 Å². The maximum absolute atomic E-state index is 6.03. The fraction of sp³-hybridized carbons (Fsp3) is 1.00. The van der Waals surface area contributed by atoms with Gasteiger partial charge in [-0.2, -0.15) is 0 Å². The lowest BCUT2D eigenvalue weighted by Gasteiger charge is -2.34. The average molecular weight is 368 g/mol. The fourth-order valence-electron chi connectivity index (χ4n) is 2.18. The van der Waals surface area contributed by atoms with E-state index >= 15 is 0 Å². The number of ether oxygens (including phenoxy) is 5. The molecule has 1 heterocycles. The summed E-state index contributed by atoms with van der Waals surface area (Å²) in [5.74, 6) is -1.27. The number of epoxide rings is 1. The molecule has 1 atom stereocenters. The van der Waals surface area contributed by atoms with E-state index in [1.807, 2.05) is 13.8 Å². The lowest BCUT2D eigenvalue weighted by Crippen LogP contribution is -2.51. The zero-order chi connectivity index (χ0) is 17.9. The molecule has 0 amide bonds. The van der Waals surface area contributed by atoms with Crippen molar-refractivity contribution in [2.24, 2.45) is 0 Å². The highest BCUT2D eigenvalue weighted by atomic mass is 28.4. The molecule has 0 bridgehead atoms. The first-order valence-electron chi connectivity index (χ1n) is 8.36. The van der Waals surface area contributed by atoms with Crippen molar-refractivity contribution in [3.63, 3.8) is 0 Å². The van der Waals surface area contributed by atoms with Gasteiger partial charge in [-0.25, -0.2) is 0 Å². The van der Waals surface area contributed by atoms with Gasteiger partial charge in [0.15, 0.2) is 0 Å². The third-order valence-corrected chi connectivity index (χ3v) is 6.62. The van der Waals surface area contributed by atoms with Gasteiger partial charge in [0.2, 0.25) is 0 Å². The van der Waals surface area contributed by atoms with Crippen LogP contribution < -0.4 is 0 Å². The highest BCUT2D eigenvalue weighted by Crippen LogP contribution is 2.22. The maximum Gasteiger partial charge on any atom is 0.501 e. The van der Waals surface area contributed by atoms with Crippen LogP contribution >= 0.6 is 0 Å². The van der Waals surface area contributed by atoms with E-state index in [1.165, 1.54) is 21.3 Å². The van der Waals surface area contributed by atoms with Crippen molar-refractivity contribution in [3.8, 4) is 0 Å². The van der Waals surface area contributed by atoms with Crippen LogP contribution in [0.3, 0.4) is 0 Å². The molecule has 0 aromatic rings. The molecule has 8 nitrogen and oxygen atoms in total. The molecule has 0 aliphatic carbocycles. The molecule has 0 aromatic heterocycles. The molecule has 1 saturated heterocycles. The van der Waals surface area contributed by atoms with Crippen LogP contribution in [0, 0.1) is 0 Å². The molecule has 1 aliphatic heterocycles. The Balaban J connectivity index is 2.54. The fourth-order valence-corrected chi connectivity index (χ4v) is 4.71. The van der Waals surface area contributed by atoms with E-state index in [1.54, 1.807) is 0 Å². The monoisotopic (exact) mass is 368 g/mol. The van der Waals surface area contributed by atoms with Gasteiger partial charge >= 0.3 is 14.8 Å².